The van der Waals surface area contributed by atoms with E-state index in [0.717, 1.165) is 17.8 Å². The summed E-state index contributed by atoms with van der Waals surface area (Å²) in [6, 6.07) is 7.56. The Kier molecular flexibility index (Phi) is 6.20. The van der Waals surface area contributed by atoms with Gasteiger partial charge in [-0.25, -0.2) is 0 Å². The van der Waals surface area contributed by atoms with Crippen molar-refractivity contribution in [2.75, 3.05) is 0 Å². The van der Waals surface area contributed by atoms with Gasteiger partial charge in [-0.2, -0.15) is 0 Å². The molecule has 1 fully saturated rings. The largest absolute Gasteiger partial charge is 0.0654 e. The Balaban J connectivity index is 1.58. The molecule has 0 N–H and O–H groups in total. The van der Waals surface area contributed by atoms with Crippen molar-refractivity contribution in [2.45, 2.75) is 96.8 Å². The first-order chi connectivity index (χ1) is 11.3. The van der Waals surface area contributed by atoms with E-state index in [4.69, 9.17) is 0 Å². The topological polar surface area (TPSA) is 0 Å². The molecule has 0 amide bonds. The molecule has 2 aliphatic rings. The highest BCUT2D eigenvalue weighted by Gasteiger charge is 2.23. The number of unbranched alkanes of at least 4 members (excludes halogenated alkanes) is 2. The zero-order valence-electron chi connectivity index (χ0n) is 15.4. The molecule has 1 unspecified atom stereocenters. The smallest absolute Gasteiger partial charge is 0.0162 e. The summed E-state index contributed by atoms with van der Waals surface area (Å²) in [6.45, 7) is 4.67. The van der Waals surface area contributed by atoms with Gasteiger partial charge in [-0.05, 0) is 79.4 Å². The summed E-state index contributed by atoms with van der Waals surface area (Å²) in [5.74, 6) is 2.82. The lowest BCUT2D eigenvalue weighted by molar-refractivity contribution is 0.318. The molecule has 0 aliphatic heterocycles. The quantitative estimate of drug-likeness (QED) is 0.493. The minimum atomic E-state index is 0.852. The van der Waals surface area contributed by atoms with E-state index in [2.05, 4.69) is 32.0 Å². The molecule has 1 atom stereocenters. The van der Waals surface area contributed by atoms with E-state index in [0.29, 0.717) is 0 Å². The fourth-order valence-corrected chi connectivity index (χ4v) is 4.94. The van der Waals surface area contributed by atoms with Gasteiger partial charge in [0, 0.05) is 0 Å². The predicted octanol–water partition coefficient (Wildman–Crippen LogP) is 7.06. The summed E-state index contributed by atoms with van der Waals surface area (Å²) < 4.78 is 0. The van der Waals surface area contributed by atoms with Crippen molar-refractivity contribution in [3.8, 4) is 0 Å². The van der Waals surface area contributed by atoms with Gasteiger partial charge >= 0.3 is 0 Å². The highest BCUT2D eigenvalue weighted by Crippen LogP contribution is 2.38. The average Bonchev–Trinajstić information content (AvgIpc) is 2.61. The maximum absolute atomic E-state index is 2.59. The van der Waals surface area contributed by atoms with Crippen LogP contribution in [0.1, 0.15) is 101 Å². The average molecular weight is 313 g/mol. The Bertz CT molecular complexity index is 479. The standard InChI is InChI=1S/C23H36/c1-3-5-6-7-19-10-13-23-17-22(15-14-21(23)16-19)20-11-8-18(4-2)9-12-20/h14-15,17-20H,3-13,16H2,1-2H3. The zero-order valence-corrected chi connectivity index (χ0v) is 15.4. The summed E-state index contributed by atoms with van der Waals surface area (Å²) in [4.78, 5) is 0. The number of rotatable bonds is 6. The van der Waals surface area contributed by atoms with Gasteiger partial charge in [0.05, 0.1) is 0 Å². The lowest BCUT2D eigenvalue weighted by Gasteiger charge is -2.30. The minimum absolute atomic E-state index is 0.852. The van der Waals surface area contributed by atoms with Crippen molar-refractivity contribution >= 4 is 0 Å². The highest BCUT2D eigenvalue weighted by molar-refractivity contribution is 5.36. The third-order valence-corrected chi connectivity index (χ3v) is 6.67. The molecule has 0 radical (unpaired) electrons. The van der Waals surface area contributed by atoms with Crippen molar-refractivity contribution in [1.82, 2.24) is 0 Å². The number of fused-ring (bicyclic) bond motifs is 1. The van der Waals surface area contributed by atoms with Crippen LogP contribution in [0.4, 0.5) is 0 Å². The van der Waals surface area contributed by atoms with Crippen LogP contribution in [0, 0.1) is 11.8 Å². The van der Waals surface area contributed by atoms with Crippen LogP contribution >= 0.6 is 0 Å². The molecule has 0 saturated heterocycles. The molecule has 0 heteroatoms. The molecule has 0 nitrogen and oxygen atoms in total. The first-order valence-electron chi connectivity index (χ1n) is 10.4. The Labute approximate surface area is 144 Å². The van der Waals surface area contributed by atoms with Gasteiger partial charge in [0.2, 0.25) is 0 Å². The highest BCUT2D eigenvalue weighted by atomic mass is 14.3. The summed E-state index contributed by atoms with van der Waals surface area (Å²) in [5.41, 5.74) is 5.01. The van der Waals surface area contributed by atoms with E-state index >= 15 is 0 Å². The Morgan fingerprint density at radius 2 is 1.70 bits per heavy atom. The van der Waals surface area contributed by atoms with Gasteiger partial charge in [0.1, 0.15) is 0 Å². The predicted molar refractivity (Wildman–Crippen MR) is 101 cm³/mol. The molecule has 1 saturated carbocycles. The van der Waals surface area contributed by atoms with E-state index in [1.165, 1.54) is 77.0 Å². The number of hydrogen-bond donors (Lipinski definition) is 0. The molecule has 1 aromatic rings. The summed E-state index contributed by atoms with van der Waals surface area (Å²) in [5, 5.41) is 0. The lowest BCUT2D eigenvalue weighted by atomic mass is 9.75. The minimum Gasteiger partial charge on any atom is -0.0654 e. The number of benzene rings is 1. The fourth-order valence-electron chi connectivity index (χ4n) is 4.94. The fraction of sp³-hybridized carbons (Fsp3) is 0.739. The lowest BCUT2D eigenvalue weighted by Crippen LogP contribution is -2.16. The Hall–Kier alpha value is -0.780. The third kappa shape index (κ3) is 4.40. The molecule has 1 aromatic carbocycles. The maximum Gasteiger partial charge on any atom is -0.0162 e. The molecular formula is C23H36. The van der Waals surface area contributed by atoms with Crippen molar-refractivity contribution in [1.29, 1.82) is 0 Å². The second kappa shape index (κ2) is 8.36. The van der Waals surface area contributed by atoms with Crippen molar-refractivity contribution < 1.29 is 0 Å². The molecule has 0 bridgehead atoms. The second-order valence-corrected chi connectivity index (χ2v) is 8.26. The maximum atomic E-state index is 2.59. The van der Waals surface area contributed by atoms with Gasteiger partial charge in [-0.15, -0.1) is 0 Å². The van der Waals surface area contributed by atoms with Crippen molar-refractivity contribution in [2.24, 2.45) is 11.8 Å². The molecule has 0 aromatic heterocycles. The summed E-state index contributed by atoms with van der Waals surface area (Å²) in [6.07, 6.45) is 16.9. The van der Waals surface area contributed by atoms with Crippen LogP contribution in [-0.4, -0.2) is 0 Å². The molecule has 3 rings (SSSR count). The number of hydrogen-bond acceptors (Lipinski definition) is 0. The van der Waals surface area contributed by atoms with Gasteiger partial charge < -0.3 is 0 Å². The summed E-state index contributed by atoms with van der Waals surface area (Å²) >= 11 is 0. The van der Waals surface area contributed by atoms with Crippen LogP contribution in [0.2, 0.25) is 0 Å². The van der Waals surface area contributed by atoms with E-state index in [1.807, 2.05) is 0 Å². The van der Waals surface area contributed by atoms with E-state index in [9.17, 15) is 0 Å². The molecule has 0 spiro atoms. The number of aryl methyl sites for hydroxylation is 1. The van der Waals surface area contributed by atoms with E-state index in [-0.39, 0.29) is 0 Å². The second-order valence-electron chi connectivity index (χ2n) is 8.26. The summed E-state index contributed by atoms with van der Waals surface area (Å²) in [7, 11) is 0. The van der Waals surface area contributed by atoms with Crippen molar-refractivity contribution in [3.05, 3.63) is 34.9 Å². The molecule has 0 heterocycles. The first-order valence-corrected chi connectivity index (χ1v) is 10.4. The SMILES string of the molecule is CCCCCC1CCc2cc(C3CCC(CC)CC3)ccc2C1. The Morgan fingerprint density at radius 3 is 2.43 bits per heavy atom. The molecular weight excluding hydrogens is 276 g/mol. The van der Waals surface area contributed by atoms with Gasteiger partial charge in [-0.1, -0.05) is 64.2 Å². The van der Waals surface area contributed by atoms with Crippen LogP contribution in [0.3, 0.4) is 0 Å². The Morgan fingerprint density at radius 1 is 0.870 bits per heavy atom. The van der Waals surface area contributed by atoms with Crippen LogP contribution < -0.4 is 0 Å². The van der Waals surface area contributed by atoms with Crippen molar-refractivity contribution in [3.63, 3.8) is 0 Å². The molecule has 23 heavy (non-hydrogen) atoms. The normalized spacial score (nSPS) is 27.7. The van der Waals surface area contributed by atoms with E-state index in [1.54, 1.807) is 16.7 Å². The monoisotopic (exact) mass is 312 g/mol. The first kappa shape index (κ1) is 17.1. The van der Waals surface area contributed by atoms with Gasteiger partial charge in [-0.3, -0.25) is 0 Å². The molecule has 128 valence electrons. The van der Waals surface area contributed by atoms with Crippen LogP contribution in [0.25, 0.3) is 0 Å². The third-order valence-electron chi connectivity index (χ3n) is 6.67. The van der Waals surface area contributed by atoms with Crippen LogP contribution in [0.5, 0.6) is 0 Å². The van der Waals surface area contributed by atoms with Gasteiger partial charge in [0.15, 0.2) is 0 Å². The van der Waals surface area contributed by atoms with Crippen LogP contribution in [0.15, 0.2) is 18.2 Å². The van der Waals surface area contributed by atoms with E-state index < -0.39 is 0 Å². The van der Waals surface area contributed by atoms with Gasteiger partial charge in [0.25, 0.3) is 0 Å². The molecule has 2 aliphatic carbocycles. The zero-order chi connectivity index (χ0) is 16.1. The van der Waals surface area contributed by atoms with Crippen LogP contribution in [-0.2, 0) is 12.8 Å².